The number of ether oxygens (including phenoxy) is 2. The number of phenolic OH excluding ortho intramolecular Hbond substituents is 1. The number of esters is 2. The van der Waals surface area contributed by atoms with E-state index in [1.807, 2.05) is 48.2 Å². The van der Waals surface area contributed by atoms with Crippen molar-refractivity contribution in [1.82, 2.24) is 19.4 Å². The number of aromatic nitrogens is 3. The van der Waals surface area contributed by atoms with Gasteiger partial charge in [0, 0.05) is 23.1 Å². The number of aryl methyl sites for hydroxylation is 1. The molecule has 1 amide bonds. The van der Waals surface area contributed by atoms with E-state index in [4.69, 9.17) is 9.47 Å². The largest absolute Gasteiger partial charge is 0.506 e. The van der Waals surface area contributed by atoms with Crippen molar-refractivity contribution in [3.05, 3.63) is 59.7 Å². The first-order valence-electron chi connectivity index (χ1n) is 11.6. The van der Waals surface area contributed by atoms with Gasteiger partial charge in [-0.05, 0) is 70.0 Å². The molecule has 0 radical (unpaired) electrons. The number of aromatic hydroxyl groups is 1. The predicted octanol–water partition coefficient (Wildman–Crippen LogP) is 3.25. The molecule has 0 aliphatic carbocycles. The van der Waals surface area contributed by atoms with Gasteiger partial charge in [-0.1, -0.05) is 12.6 Å². The Hall–Kier alpha value is -4.21. The Morgan fingerprint density at radius 1 is 1.00 bits per heavy atom. The van der Waals surface area contributed by atoms with E-state index in [1.54, 1.807) is 29.9 Å². The third-order valence-corrected chi connectivity index (χ3v) is 5.47. The first-order chi connectivity index (χ1) is 17.0. The summed E-state index contributed by atoms with van der Waals surface area (Å²) < 4.78 is 13.7. The van der Waals surface area contributed by atoms with E-state index >= 15 is 0 Å². The molecule has 0 unspecified atom stereocenters. The average molecular weight is 495 g/mol. The van der Waals surface area contributed by atoms with Gasteiger partial charge in [0.05, 0.1) is 0 Å². The van der Waals surface area contributed by atoms with Crippen molar-refractivity contribution in [3.63, 3.8) is 0 Å². The van der Waals surface area contributed by atoms with Gasteiger partial charge >= 0.3 is 11.9 Å². The molecule has 0 saturated heterocycles. The van der Waals surface area contributed by atoms with Crippen LogP contribution >= 0.6 is 0 Å². The number of amides is 1. The van der Waals surface area contributed by atoms with E-state index in [0.29, 0.717) is 17.7 Å². The number of nitrogens with zero attached hydrogens (tertiary/aromatic N) is 3. The lowest BCUT2D eigenvalue weighted by molar-refractivity contribution is -0.150. The molecule has 36 heavy (non-hydrogen) atoms. The van der Waals surface area contributed by atoms with Crippen molar-refractivity contribution in [2.75, 3.05) is 13.2 Å². The Labute approximate surface area is 208 Å². The van der Waals surface area contributed by atoms with Crippen LogP contribution in [0.2, 0.25) is 0 Å². The van der Waals surface area contributed by atoms with E-state index in [2.05, 4.69) is 11.9 Å². The number of benzene rings is 2. The summed E-state index contributed by atoms with van der Waals surface area (Å²) >= 11 is 0. The zero-order valence-electron chi connectivity index (χ0n) is 20.8. The van der Waals surface area contributed by atoms with Crippen LogP contribution in [0.3, 0.4) is 0 Å². The Bertz CT molecular complexity index is 1450. The normalized spacial score (nSPS) is 11.8. The van der Waals surface area contributed by atoms with E-state index in [0.717, 1.165) is 16.6 Å². The molecule has 2 aromatic heterocycles. The quantitative estimate of drug-likeness (QED) is 0.210. The van der Waals surface area contributed by atoms with Gasteiger partial charge in [-0.25, -0.2) is 4.79 Å². The van der Waals surface area contributed by atoms with Crippen LogP contribution in [-0.2, 0) is 25.5 Å². The van der Waals surface area contributed by atoms with Crippen LogP contribution in [0.25, 0.3) is 16.7 Å². The summed E-state index contributed by atoms with van der Waals surface area (Å²) in [6.07, 6.45) is 0.550. The molecule has 10 heteroatoms. The fourth-order valence-electron chi connectivity index (χ4n) is 3.72. The highest BCUT2D eigenvalue weighted by Gasteiger charge is 2.27. The third kappa shape index (κ3) is 5.22. The fourth-order valence-corrected chi connectivity index (χ4v) is 3.72. The first-order valence-corrected chi connectivity index (χ1v) is 11.6. The van der Waals surface area contributed by atoms with E-state index < -0.39 is 11.9 Å². The second kappa shape index (κ2) is 9.44. The molecule has 2 aromatic carbocycles. The van der Waals surface area contributed by atoms with Crippen molar-refractivity contribution in [2.24, 2.45) is 0 Å². The van der Waals surface area contributed by atoms with Crippen LogP contribution < -0.4 is 5.32 Å². The minimum Gasteiger partial charge on any atom is -0.506 e. The lowest BCUT2D eigenvalue weighted by atomic mass is 10.1. The molecule has 2 heterocycles. The maximum absolute atomic E-state index is 12.5. The van der Waals surface area contributed by atoms with Crippen molar-refractivity contribution >= 4 is 28.9 Å². The van der Waals surface area contributed by atoms with Gasteiger partial charge < -0.3 is 19.9 Å². The Morgan fingerprint density at radius 3 is 2.39 bits per heavy atom. The van der Waals surface area contributed by atoms with Gasteiger partial charge in [-0.15, -0.1) is 14.1 Å². The summed E-state index contributed by atoms with van der Waals surface area (Å²) in [5.74, 6) is -0.997. The maximum Gasteiger partial charge on any atom is 0.333 e. The zero-order valence-corrected chi connectivity index (χ0v) is 20.8. The third-order valence-electron chi connectivity index (χ3n) is 5.47. The lowest BCUT2D eigenvalue weighted by Crippen LogP contribution is -2.40. The predicted molar refractivity (Wildman–Crippen MR) is 133 cm³/mol. The maximum atomic E-state index is 12.5. The van der Waals surface area contributed by atoms with Gasteiger partial charge in [0.2, 0.25) is 0 Å². The molecule has 2 N–H and O–H groups in total. The molecule has 0 aliphatic rings. The van der Waals surface area contributed by atoms with Gasteiger partial charge in [-0.3, -0.25) is 9.59 Å². The van der Waals surface area contributed by atoms with Crippen LogP contribution in [0.1, 0.15) is 50.0 Å². The SMILES string of the molecule is C=C(C)C(=O)OCCOC(=O)CCc1ccc(O)c(-n2n3c4ccc(C(=O)NC(C)(C)C)cc4n23)c1. The highest BCUT2D eigenvalue weighted by atomic mass is 16.6. The van der Waals surface area contributed by atoms with Gasteiger partial charge in [0.15, 0.2) is 0 Å². The number of hydrogen-bond acceptors (Lipinski definition) is 6. The fraction of sp³-hybridized carbons (Fsp3) is 0.346. The summed E-state index contributed by atoms with van der Waals surface area (Å²) in [6, 6.07) is 10.6. The van der Waals surface area contributed by atoms with Gasteiger partial charge in [0.25, 0.3) is 5.91 Å². The number of fused-ring (bicyclic) bond motifs is 4. The van der Waals surface area contributed by atoms with Gasteiger partial charge in [-0.2, -0.15) is 0 Å². The molecule has 0 saturated carbocycles. The standard InChI is InChI=1S/C26H30N4O6/c1-16(2)25(34)36-13-12-35-23(32)11-7-17-6-10-22(31)21(14-17)30-28-19-9-8-18(15-20(19)29(28)30)24(33)27-26(3,4)5/h6,8-10,14-15,31H,1,7,11-13H2,2-5H3,(H,27,33). The van der Waals surface area contributed by atoms with Crippen molar-refractivity contribution in [2.45, 2.75) is 46.1 Å². The van der Waals surface area contributed by atoms with E-state index in [1.165, 1.54) is 0 Å². The number of hydrogen-bond donors (Lipinski definition) is 2. The minimum absolute atomic E-state index is 0.0234. The van der Waals surface area contributed by atoms with Crippen molar-refractivity contribution in [3.8, 4) is 11.4 Å². The molecule has 0 atom stereocenters. The van der Waals surface area contributed by atoms with Crippen molar-refractivity contribution < 1.29 is 29.0 Å². The van der Waals surface area contributed by atoms with Crippen LogP contribution in [-0.4, -0.2) is 55.8 Å². The molecular weight excluding hydrogens is 464 g/mol. The molecule has 190 valence electrons. The zero-order chi connectivity index (χ0) is 26.2. The summed E-state index contributed by atoms with van der Waals surface area (Å²) in [4.78, 5) is 37.7. The smallest absolute Gasteiger partial charge is 0.333 e. The van der Waals surface area contributed by atoms with Crippen molar-refractivity contribution in [1.29, 1.82) is 0 Å². The van der Waals surface area contributed by atoms with Crippen LogP contribution in [0.5, 0.6) is 5.75 Å². The minimum atomic E-state index is -0.523. The lowest BCUT2D eigenvalue weighted by Gasteiger charge is -2.20. The highest BCUT2D eigenvalue weighted by Crippen LogP contribution is 2.32. The monoisotopic (exact) mass is 494 g/mol. The molecular formula is C26H30N4O6. The van der Waals surface area contributed by atoms with E-state index in [-0.39, 0.29) is 42.4 Å². The molecule has 4 aromatic rings. The molecule has 0 spiro atoms. The first kappa shape index (κ1) is 24.9. The van der Waals surface area contributed by atoms with Gasteiger partial charge in [0.1, 0.15) is 35.7 Å². The van der Waals surface area contributed by atoms with Crippen LogP contribution in [0.4, 0.5) is 0 Å². The Kier molecular flexibility index (Phi) is 6.53. The molecule has 0 aliphatic heterocycles. The summed E-state index contributed by atoms with van der Waals surface area (Å²) in [5, 5.41) is 13.4. The second-order valence-corrected chi connectivity index (χ2v) is 9.74. The number of phenols is 1. The number of rotatable bonds is 9. The van der Waals surface area contributed by atoms with E-state index in [9.17, 15) is 19.5 Å². The summed E-state index contributed by atoms with van der Waals surface area (Å²) in [6.45, 7) is 10.8. The molecule has 0 bridgehead atoms. The molecule has 0 fully saturated rings. The highest BCUT2D eigenvalue weighted by molar-refractivity contribution is 5.98. The summed E-state index contributed by atoms with van der Waals surface area (Å²) in [7, 11) is 0. The van der Waals surface area contributed by atoms with Crippen LogP contribution in [0.15, 0.2) is 48.6 Å². The molecule has 10 nitrogen and oxygen atoms in total. The number of carbonyl (C=O) groups is 3. The molecule has 4 rings (SSSR count). The average Bonchev–Trinajstić information content (AvgIpc) is 3.46. The Morgan fingerprint density at radius 2 is 1.69 bits per heavy atom. The Balaban J connectivity index is 1.40. The second-order valence-electron chi connectivity index (χ2n) is 9.74. The number of carbonyl (C=O) groups excluding carboxylic acids is 3. The number of nitrogens with one attached hydrogen (secondary N) is 1. The van der Waals surface area contributed by atoms with Crippen LogP contribution in [0, 0.1) is 0 Å². The topological polar surface area (TPSA) is 116 Å². The summed E-state index contributed by atoms with van der Waals surface area (Å²) in [5.41, 5.74) is 3.68.